The van der Waals surface area contributed by atoms with Gasteiger partial charge in [0.15, 0.2) is 0 Å². The van der Waals surface area contributed by atoms with Crippen LogP contribution >= 0.6 is 15.9 Å². The van der Waals surface area contributed by atoms with Crippen molar-refractivity contribution in [3.05, 3.63) is 46.6 Å². The lowest BCUT2D eigenvalue weighted by Crippen LogP contribution is -1.91. The normalized spacial score (nSPS) is 10.1. The van der Waals surface area contributed by atoms with Gasteiger partial charge in [-0.2, -0.15) is 0 Å². The van der Waals surface area contributed by atoms with E-state index in [0.29, 0.717) is 11.6 Å². The average molecular weight is 279 g/mol. The van der Waals surface area contributed by atoms with E-state index in [4.69, 9.17) is 10.5 Å². The third-order valence-corrected chi connectivity index (χ3v) is 2.68. The Morgan fingerprint density at radius 1 is 1.25 bits per heavy atom. The maximum absolute atomic E-state index is 5.61. The zero-order valence-electron chi connectivity index (χ0n) is 8.77. The number of hydrogen-bond acceptors (Lipinski definition) is 3. The zero-order chi connectivity index (χ0) is 11.5. The standard InChI is InChI=1S/C12H11BrN2O/c1-8-2-4-11(10(13)6-8)16-12-5-3-9(14)7-15-12/h2-7H,14H2,1H3. The van der Waals surface area contributed by atoms with Gasteiger partial charge in [-0.25, -0.2) is 4.98 Å². The number of pyridine rings is 1. The Labute approximate surface area is 102 Å². The van der Waals surface area contributed by atoms with Gasteiger partial charge in [0.1, 0.15) is 5.75 Å². The summed E-state index contributed by atoms with van der Waals surface area (Å²) in [5.41, 5.74) is 7.33. The van der Waals surface area contributed by atoms with Gasteiger partial charge in [0.05, 0.1) is 16.4 Å². The largest absolute Gasteiger partial charge is 0.438 e. The van der Waals surface area contributed by atoms with Crippen LogP contribution in [0.3, 0.4) is 0 Å². The number of aromatic nitrogens is 1. The van der Waals surface area contributed by atoms with Crippen molar-refractivity contribution in [2.24, 2.45) is 0 Å². The topological polar surface area (TPSA) is 48.1 Å². The molecule has 0 amide bonds. The lowest BCUT2D eigenvalue weighted by molar-refractivity contribution is 0.460. The second kappa shape index (κ2) is 4.53. The van der Waals surface area contributed by atoms with Crippen LogP contribution in [-0.4, -0.2) is 4.98 Å². The van der Waals surface area contributed by atoms with Crippen molar-refractivity contribution >= 4 is 21.6 Å². The molecule has 1 aromatic heterocycles. The van der Waals surface area contributed by atoms with E-state index < -0.39 is 0 Å². The van der Waals surface area contributed by atoms with Gasteiger partial charge in [-0.05, 0) is 46.6 Å². The third kappa shape index (κ3) is 2.52. The highest BCUT2D eigenvalue weighted by Crippen LogP contribution is 2.29. The van der Waals surface area contributed by atoms with Crippen LogP contribution in [0.2, 0.25) is 0 Å². The monoisotopic (exact) mass is 278 g/mol. The van der Waals surface area contributed by atoms with E-state index in [1.807, 2.05) is 25.1 Å². The molecule has 0 aliphatic heterocycles. The number of nitrogens with two attached hydrogens (primary N) is 1. The summed E-state index contributed by atoms with van der Waals surface area (Å²) in [6, 6.07) is 9.37. The molecule has 0 saturated heterocycles. The summed E-state index contributed by atoms with van der Waals surface area (Å²) in [5, 5.41) is 0. The molecule has 2 N–H and O–H groups in total. The Morgan fingerprint density at radius 2 is 2.06 bits per heavy atom. The lowest BCUT2D eigenvalue weighted by atomic mass is 10.2. The SMILES string of the molecule is Cc1ccc(Oc2ccc(N)cn2)c(Br)c1. The van der Waals surface area contributed by atoms with Crippen molar-refractivity contribution in [3.8, 4) is 11.6 Å². The van der Waals surface area contributed by atoms with Crippen LogP contribution in [0, 0.1) is 6.92 Å². The fraction of sp³-hybridized carbons (Fsp3) is 0.0833. The van der Waals surface area contributed by atoms with Gasteiger partial charge in [0.25, 0.3) is 0 Å². The van der Waals surface area contributed by atoms with Gasteiger partial charge in [0.2, 0.25) is 5.88 Å². The predicted octanol–water partition coefficient (Wildman–Crippen LogP) is 3.53. The van der Waals surface area contributed by atoms with Gasteiger partial charge in [-0.1, -0.05) is 6.07 Å². The molecular weight excluding hydrogens is 268 g/mol. The summed E-state index contributed by atoms with van der Waals surface area (Å²) in [5.74, 6) is 1.27. The Kier molecular flexibility index (Phi) is 3.10. The highest BCUT2D eigenvalue weighted by atomic mass is 79.9. The van der Waals surface area contributed by atoms with Crippen LogP contribution in [0.1, 0.15) is 5.56 Å². The second-order valence-corrected chi connectivity index (χ2v) is 4.32. The van der Waals surface area contributed by atoms with Crippen LogP contribution < -0.4 is 10.5 Å². The number of hydrogen-bond donors (Lipinski definition) is 1. The third-order valence-electron chi connectivity index (χ3n) is 2.06. The minimum absolute atomic E-state index is 0.527. The quantitative estimate of drug-likeness (QED) is 0.914. The van der Waals surface area contributed by atoms with E-state index in [1.54, 1.807) is 18.3 Å². The molecule has 0 aliphatic carbocycles. The van der Waals surface area contributed by atoms with Crippen LogP contribution in [-0.2, 0) is 0 Å². The van der Waals surface area contributed by atoms with Crippen molar-refractivity contribution in [1.29, 1.82) is 0 Å². The van der Waals surface area contributed by atoms with Crippen LogP contribution in [0.15, 0.2) is 41.0 Å². The fourth-order valence-corrected chi connectivity index (χ4v) is 1.83. The second-order valence-electron chi connectivity index (χ2n) is 3.47. The number of anilines is 1. The van der Waals surface area contributed by atoms with Crippen LogP contribution in [0.4, 0.5) is 5.69 Å². The molecule has 82 valence electrons. The molecule has 0 saturated carbocycles. The minimum atomic E-state index is 0.527. The Hall–Kier alpha value is -1.55. The predicted molar refractivity (Wildman–Crippen MR) is 67.6 cm³/mol. The van der Waals surface area contributed by atoms with E-state index in [-0.39, 0.29) is 0 Å². The van der Waals surface area contributed by atoms with Gasteiger partial charge in [-0.15, -0.1) is 0 Å². The first-order chi connectivity index (χ1) is 7.65. The molecule has 3 nitrogen and oxygen atoms in total. The molecule has 16 heavy (non-hydrogen) atoms. The van der Waals surface area contributed by atoms with Crippen LogP contribution in [0.5, 0.6) is 11.6 Å². The summed E-state index contributed by atoms with van der Waals surface area (Å²) >= 11 is 3.44. The summed E-state index contributed by atoms with van der Waals surface area (Å²) in [7, 11) is 0. The molecule has 0 atom stereocenters. The number of nitrogens with zero attached hydrogens (tertiary/aromatic N) is 1. The molecule has 1 heterocycles. The van der Waals surface area contributed by atoms with Crippen molar-refractivity contribution < 1.29 is 4.74 Å². The molecule has 0 bridgehead atoms. The maximum Gasteiger partial charge on any atom is 0.219 e. The summed E-state index contributed by atoms with van der Waals surface area (Å²) in [6.45, 7) is 2.02. The molecule has 1 aromatic carbocycles. The molecular formula is C12H11BrN2O. The van der Waals surface area contributed by atoms with Crippen molar-refractivity contribution in [1.82, 2.24) is 4.98 Å². The van der Waals surface area contributed by atoms with E-state index in [9.17, 15) is 0 Å². The van der Waals surface area contributed by atoms with Gasteiger partial charge < -0.3 is 10.5 Å². The molecule has 0 aliphatic rings. The number of benzene rings is 1. The lowest BCUT2D eigenvalue weighted by Gasteiger charge is -2.07. The summed E-state index contributed by atoms with van der Waals surface area (Å²) < 4.78 is 6.51. The molecule has 0 spiro atoms. The van der Waals surface area contributed by atoms with E-state index in [2.05, 4.69) is 20.9 Å². The number of aryl methyl sites for hydroxylation is 1. The van der Waals surface area contributed by atoms with E-state index >= 15 is 0 Å². The average Bonchev–Trinajstić information content (AvgIpc) is 2.25. The number of rotatable bonds is 2. The molecule has 0 fully saturated rings. The molecule has 0 radical (unpaired) electrons. The molecule has 2 rings (SSSR count). The first-order valence-electron chi connectivity index (χ1n) is 4.81. The smallest absolute Gasteiger partial charge is 0.219 e. The zero-order valence-corrected chi connectivity index (χ0v) is 10.4. The maximum atomic E-state index is 5.61. The van der Waals surface area contributed by atoms with Crippen molar-refractivity contribution in [2.75, 3.05) is 5.73 Å². The Bertz CT molecular complexity index is 497. The fourth-order valence-electron chi connectivity index (χ4n) is 1.25. The van der Waals surface area contributed by atoms with Crippen LogP contribution in [0.25, 0.3) is 0 Å². The first kappa shape index (κ1) is 11.0. The number of halogens is 1. The summed E-state index contributed by atoms with van der Waals surface area (Å²) in [6.07, 6.45) is 1.57. The van der Waals surface area contributed by atoms with Crippen molar-refractivity contribution in [2.45, 2.75) is 6.92 Å². The van der Waals surface area contributed by atoms with Gasteiger partial charge in [0, 0.05) is 6.07 Å². The van der Waals surface area contributed by atoms with Crippen molar-refractivity contribution in [3.63, 3.8) is 0 Å². The van der Waals surface area contributed by atoms with E-state index in [0.717, 1.165) is 10.2 Å². The molecule has 4 heteroatoms. The van der Waals surface area contributed by atoms with Gasteiger partial charge >= 0.3 is 0 Å². The highest BCUT2D eigenvalue weighted by molar-refractivity contribution is 9.10. The Morgan fingerprint density at radius 3 is 2.69 bits per heavy atom. The number of ether oxygens (including phenoxy) is 1. The minimum Gasteiger partial charge on any atom is -0.438 e. The Balaban J connectivity index is 2.23. The van der Waals surface area contributed by atoms with E-state index in [1.165, 1.54) is 5.56 Å². The van der Waals surface area contributed by atoms with Gasteiger partial charge in [-0.3, -0.25) is 0 Å². The highest BCUT2D eigenvalue weighted by Gasteiger charge is 2.03. The number of nitrogen functional groups attached to an aromatic ring is 1. The molecule has 0 unspecified atom stereocenters. The summed E-state index contributed by atoms with van der Waals surface area (Å²) in [4.78, 5) is 4.07. The molecule has 2 aromatic rings. The first-order valence-corrected chi connectivity index (χ1v) is 5.60.